The highest BCUT2D eigenvalue weighted by Crippen LogP contribution is 2.44. The van der Waals surface area contributed by atoms with Crippen molar-refractivity contribution >= 4 is 11.3 Å². The molecule has 2 nitrogen and oxygen atoms in total. The van der Waals surface area contributed by atoms with Gasteiger partial charge in [-0.1, -0.05) is 20.3 Å². The summed E-state index contributed by atoms with van der Waals surface area (Å²) in [4.78, 5) is 6.75. The Morgan fingerprint density at radius 3 is 2.90 bits per heavy atom. The number of fused-ring (bicyclic) bond motifs is 1. The molecular formula is C18H30N2S. The lowest BCUT2D eigenvalue weighted by molar-refractivity contribution is 0.498. The molecule has 21 heavy (non-hydrogen) atoms. The van der Waals surface area contributed by atoms with Gasteiger partial charge < -0.3 is 5.32 Å². The van der Waals surface area contributed by atoms with E-state index in [0.29, 0.717) is 5.92 Å². The van der Waals surface area contributed by atoms with E-state index < -0.39 is 0 Å². The standard InChI is InChI=1S/C18H30N2S/c1-3-10-19-12-15-6-5-7-16-17(15)20-18(21-16)14-9-8-13(4-2)11-14/h13-15,19H,3-12H2,1-2H3. The smallest absolute Gasteiger partial charge is 0.0962 e. The van der Waals surface area contributed by atoms with Crippen molar-refractivity contribution in [3.05, 3.63) is 15.6 Å². The van der Waals surface area contributed by atoms with Crippen molar-refractivity contribution in [1.29, 1.82) is 0 Å². The molecule has 2 aliphatic rings. The Kier molecular flexibility index (Phi) is 5.33. The first-order valence-corrected chi connectivity index (χ1v) is 9.83. The second-order valence-corrected chi connectivity index (χ2v) is 8.05. The van der Waals surface area contributed by atoms with E-state index in [-0.39, 0.29) is 0 Å². The molecule has 1 heterocycles. The van der Waals surface area contributed by atoms with Crippen LogP contribution >= 0.6 is 11.3 Å². The van der Waals surface area contributed by atoms with Gasteiger partial charge in [-0.15, -0.1) is 11.3 Å². The van der Waals surface area contributed by atoms with Gasteiger partial charge in [-0.05, 0) is 57.4 Å². The molecule has 1 fully saturated rings. The summed E-state index contributed by atoms with van der Waals surface area (Å²) >= 11 is 2.05. The predicted molar refractivity (Wildman–Crippen MR) is 91.3 cm³/mol. The molecule has 0 saturated heterocycles. The van der Waals surface area contributed by atoms with Crippen molar-refractivity contribution in [1.82, 2.24) is 10.3 Å². The van der Waals surface area contributed by atoms with Crippen LogP contribution in [-0.4, -0.2) is 18.1 Å². The molecule has 0 aliphatic heterocycles. The van der Waals surface area contributed by atoms with E-state index in [2.05, 4.69) is 19.2 Å². The van der Waals surface area contributed by atoms with Gasteiger partial charge in [0.2, 0.25) is 0 Å². The lowest BCUT2D eigenvalue weighted by Gasteiger charge is -2.21. The van der Waals surface area contributed by atoms with Crippen LogP contribution in [-0.2, 0) is 6.42 Å². The molecule has 0 amide bonds. The summed E-state index contributed by atoms with van der Waals surface area (Å²) in [6.07, 6.45) is 10.7. The fourth-order valence-corrected chi connectivity index (χ4v) is 5.36. The average molecular weight is 307 g/mol. The third kappa shape index (κ3) is 3.50. The van der Waals surface area contributed by atoms with Crippen LogP contribution in [0.2, 0.25) is 0 Å². The number of hydrogen-bond donors (Lipinski definition) is 1. The van der Waals surface area contributed by atoms with E-state index in [0.717, 1.165) is 24.9 Å². The monoisotopic (exact) mass is 306 g/mol. The maximum Gasteiger partial charge on any atom is 0.0962 e. The molecule has 3 heteroatoms. The van der Waals surface area contributed by atoms with Crippen molar-refractivity contribution in [2.45, 2.75) is 77.0 Å². The molecular weight excluding hydrogens is 276 g/mol. The summed E-state index contributed by atoms with van der Waals surface area (Å²) in [7, 11) is 0. The number of thiazole rings is 1. The van der Waals surface area contributed by atoms with E-state index in [9.17, 15) is 0 Å². The fraction of sp³-hybridized carbons (Fsp3) is 0.833. The number of aryl methyl sites for hydroxylation is 1. The zero-order valence-electron chi connectivity index (χ0n) is 13.7. The Hall–Kier alpha value is -0.410. The van der Waals surface area contributed by atoms with Crippen molar-refractivity contribution < 1.29 is 0 Å². The van der Waals surface area contributed by atoms with Crippen molar-refractivity contribution in [2.75, 3.05) is 13.1 Å². The molecule has 0 aromatic carbocycles. The number of aromatic nitrogens is 1. The molecule has 1 saturated carbocycles. The van der Waals surface area contributed by atoms with Crippen molar-refractivity contribution in [3.63, 3.8) is 0 Å². The highest BCUT2D eigenvalue weighted by atomic mass is 32.1. The van der Waals surface area contributed by atoms with Gasteiger partial charge in [0.1, 0.15) is 0 Å². The zero-order valence-corrected chi connectivity index (χ0v) is 14.5. The predicted octanol–water partition coefficient (Wildman–Crippen LogP) is 4.86. The normalized spacial score (nSPS) is 28.8. The lowest BCUT2D eigenvalue weighted by atomic mass is 9.91. The van der Waals surface area contributed by atoms with E-state index in [1.807, 2.05) is 11.3 Å². The third-order valence-electron chi connectivity index (χ3n) is 5.37. The topological polar surface area (TPSA) is 24.9 Å². The van der Waals surface area contributed by atoms with Gasteiger partial charge >= 0.3 is 0 Å². The minimum atomic E-state index is 0.675. The van der Waals surface area contributed by atoms with Crippen molar-refractivity contribution in [3.8, 4) is 0 Å². The number of nitrogens with one attached hydrogen (secondary N) is 1. The van der Waals surface area contributed by atoms with Crippen LogP contribution in [0.4, 0.5) is 0 Å². The lowest BCUT2D eigenvalue weighted by Crippen LogP contribution is -2.24. The van der Waals surface area contributed by atoms with Crippen LogP contribution in [0.25, 0.3) is 0 Å². The maximum absolute atomic E-state index is 5.14. The van der Waals surface area contributed by atoms with Gasteiger partial charge in [0, 0.05) is 23.3 Å². The average Bonchev–Trinajstić information content (AvgIpc) is 3.14. The quantitative estimate of drug-likeness (QED) is 0.759. The number of rotatable bonds is 6. The highest BCUT2D eigenvalue weighted by Gasteiger charge is 2.30. The molecule has 1 N–H and O–H groups in total. The SMILES string of the molecule is CCCNCC1CCCc2sc(C3CCC(CC)C3)nc21. The molecule has 3 atom stereocenters. The van der Waals surface area contributed by atoms with Gasteiger partial charge in [-0.3, -0.25) is 0 Å². The second-order valence-electron chi connectivity index (χ2n) is 6.94. The molecule has 118 valence electrons. The first-order valence-electron chi connectivity index (χ1n) is 9.02. The van der Waals surface area contributed by atoms with Crippen LogP contribution in [0, 0.1) is 5.92 Å². The number of hydrogen-bond acceptors (Lipinski definition) is 3. The van der Waals surface area contributed by atoms with Gasteiger partial charge in [-0.2, -0.15) is 0 Å². The van der Waals surface area contributed by atoms with Gasteiger partial charge in [-0.25, -0.2) is 4.98 Å². The molecule has 0 radical (unpaired) electrons. The Morgan fingerprint density at radius 2 is 2.14 bits per heavy atom. The van der Waals surface area contributed by atoms with E-state index >= 15 is 0 Å². The summed E-state index contributed by atoms with van der Waals surface area (Å²) in [5.74, 6) is 2.40. The van der Waals surface area contributed by atoms with Crippen LogP contribution in [0.15, 0.2) is 0 Å². The largest absolute Gasteiger partial charge is 0.316 e. The highest BCUT2D eigenvalue weighted by molar-refractivity contribution is 7.11. The Balaban J connectivity index is 1.69. The molecule has 1 aromatic heterocycles. The van der Waals surface area contributed by atoms with Gasteiger partial charge in [0.05, 0.1) is 10.7 Å². The van der Waals surface area contributed by atoms with E-state index in [1.165, 1.54) is 62.1 Å². The van der Waals surface area contributed by atoms with Crippen LogP contribution in [0.5, 0.6) is 0 Å². The molecule has 3 unspecified atom stereocenters. The zero-order chi connectivity index (χ0) is 14.7. The molecule has 0 bridgehead atoms. The number of nitrogens with zero attached hydrogens (tertiary/aromatic N) is 1. The first-order chi connectivity index (χ1) is 10.3. The molecule has 0 spiro atoms. The first kappa shape index (κ1) is 15.5. The summed E-state index contributed by atoms with van der Waals surface area (Å²) in [6, 6.07) is 0. The summed E-state index contributed by atoms with van der Waals surface area (Å²) in [6.45, 7) is 6.86. The maximum atomic E-state index is 5.14. The molecule has 1 aromatic rings. The minimum absolute atomic E-state index is 0.675. The van der Waals surface area contributed by atoms with Crippen LogP contribution in [0.1, 0.15) is 86.2 Å². The molecule has 2 aliphatic carbocycles. The van der Waals surface area contributed by atoms with Crippen LogP contribution in [0.3, 0.4) is 0 Å². The van der Waals surface area contributed by atoms with Crippen LogP contribution < -0.4 is 5.32 Å². The van der Waals surface area contributed by atoms with Crippen molar-refractivity contribution in [2.24, 2.45) is 5.92 Å². The van der Waals surface area contributed by atoms with Gasteiger partial charge in [0.15, 0.2) is 0 Å². The molecule has 3 rings (SSSR count). The Morgan fingerprint density at radius 1 is 1.24 bits per heavy atom. The second kappa shape index (κ2) is 7.23. The minimum Gasteiger partial charge on any atom is -0.316 e. The third-order valence-corrected chi connectivity index (χ3v) is 6.67. The Bertz CT molecular complexity index is 454. The van der Waals surface area contributed by atoms with Gasteiger partial charge in [0.25, 0.3) is 0 Å². The van der Waals surface area contributed by atoms with E-state index in [1.54, 1.807) is 4.88 Å². The summed E-state index contributed by atoms with van der Waals surface area (Å²) in [5.41, 5.74) is 1.46. The fourth-order valence-electron chi connectivity index (χ4n) is 4.02. The summed E-state index contributed by atoms with van der Waals surface area (Å²) in [5, 5.41) is 5.08. The van der Waals surface area contributed by atoms with E-state index in [4.69, 9.17) is 4.98 Å². The summed E-state index contributed by atoms with van der Waals surface area (Å²) < 4.78 is 0. The Labute approximate surface area is 133 Å².